The molecule has 1 saturated heterocycles. The Balaban J connectivity index is 1.74. The van der Waals surface area contributed by atoms with Crippen LogP contribution in [0.5, 0.6) is 11.5 Å². The third-order valence-electron chi connectivity index (χ3n) is 6.62. The maximum Gasteiger partial charge on any atom is 0.160 e. The van der Waals surface area contributed by atoms with Crippen LogP contribution in [-0.2, 0) is 12.8 Å². The second-order valence-electron chi connectivity index (χ2n) is 8.58. The fourth-order valence-electron chi connectivity index (χ4n) is 4.68. The van der Waals surface area contributed by atoms with Gasteiger partial charge in [-0.05, 0) is 69.0 Å². The lowest BCUT2D eigenvalue weighted by atomic mass is 9.72. The minimum Gasteiger partial charge on any atom is -0.493 e. The number of likely N-dealkylation sites (tertiary alicyclic amines) is 1. The number of hydrogen-bond donors (Lipinski definition) is 1. The second kappa shape index (κ2) is 9.64. The molecule has 1 N–H and O–H groups in total. The van der Waals surface area contributed by atoms with E-state index in [9.17, 15) is 0 Å². The minimum atomic E-state index is 0.115. The lowest BCUT2D eigenvalue weighted by molar-refractivity contribution is 0.0547. The van der Waals surface area contributed by atoms with Gasteiger partial charge >= 0.3 is 0 Å². The third-order valence-corrected chi connectivity index (χ3v) is 6.62. The molecule has 0 amide bonds. The van der Waals surface area contributed by atoms with Crippen LogP contribution in [0.3, 0.4) is 0 Å². The van der Waals surface area contributed by atoms with Crippen LogP contribution in [0, 0.1) is 5.92 Å². The molecule has 4 nitrogen and oxygen atoms in total. The molecule has 0 radical (unpaired) electrons. The number of rotatable bonds is 8. The van der Waals surface area contributed by atoms with Gasteiger partial charge in [0.25, 0.3) is 0 Å². The molecular formula is C25H36N2O2. The number of nitrogens with one attached hydrogen (secondary N) is 1. The van der Waals surface area contributed by atoms with Crippen molar-refractivity contribution < 1.29 is 9.47 Å². The topological polar surface area (TPSA) is 33.7 Å². The fraction of sp³-hybridized carbons (Fsp3) is 0.520. The molecule has 2 aromatic rings. The Morgan fingerprint density at radius 3 is 2.41 bits per heavy atom. The molecule has 0 aromatic heterocycles. The Labute approximate surface area is 176 Å². The van der Waals surface area contributed by atoms with Crippen molar-refractivity contribution in [3.63, 3.8) is 0 Å². The first kappa shape index (κ1) is 21.7. The van der Waals surface area contributed by atoms with Gasteiger partial charge in [0.2, 0.25) is 0 Å². The lowest BCUT2D eigenvalue weighted by Crippen LogP contribution is -2.62. The molecule has 1 aliphatic heterocycles. The monoisotopic (exact) mass is 396 g/mol. The molecule has 1 heterocycles. The minimum absolute atomic E-state index is 0.115. The molecule has 2 aromatic carbocycles. The molecule has 0 saturated carbocycles. The van der Waals surface area contributed by atoms with E-state index in [1.807, 2.05) is 6.07 Å². The fourth-order valence-corrected chi connectivity index (χ4v) is 4.68. The summed E-state index contributed by atoms with van der Waals surface area (Å²) in [5, 5.41) is 4.00. The van der Waals surface area contributed by atoms with Gasteiger partial charge in [-0.2, -0.15) is 0 Å². The van der Waals surface area contributed by atoms with Crippen LogP contribution in [0.4, 0.5) is 0 Å². The second-order valence-corrected chi connectivity index (χ2v) is 8.58. The Hall–Kier alpha value is -2.04. The quantitative estimate of drug-likeness (QED) is 0.726. The summed E-state index contributed by atoms with van der Waals surface area (Å²) in [7, 11) is 5.61. The predicted molar refractivity (Wildman–Crippen MR) is 120 cm³/mol. The van der Waals surface area contributed by atoms with Gasteiger partial charge in [0, 0.05) is 18.1 Å². The van der Waals surface area contributed by atoms with Gasteiger partial charge in [-0.15, -0.1) is 0 Å². The zero-order valence-corrected chi connectivity index (χ0v) is 18.6. The van der Waals surface area contributed by atoms with E-state index < -0.39 is 0 Å². The van der Waals surface area contributed by atoms with Gasteiger partial charge in [-0.1, -0.05) is 43.3 Å². The van der Waals surface area contributed by atoms with Crippen molar-refractivity contribution in [3.8, 4) is 11.5 Å². The molecule has 29 heavy (non-hydrogen) atoms. The first-order valence-electron chi connectivity index (χ1n) is 10.7. The van der Waals surface area contributed by atoms with Gasteiger partial charge in [-0.3, -0.25) is 0 Å². The molecule has 4 heteroatoms. The third kappa shape index (κ3) is 5.12. The molecule has 1 aliphatic rings. The van der Waals surface area contributed by atoms with Crippen molar-refractivity contribution in [1.82, 2.24) is 10.2 Å². The molecule has 158 valence electrons. The highest BCUT2D eigenvalue weighted by Crippen LogP contribution is 2.34. The molecule has 0 spiro atoms. The van der Waals surface area contributed by atoms with Crippen molar-refractivity contribution >= 4 is 0 Å². The van der Waals surface area contributed by atoms with E-state index in [4.69, 9.17) is 9.47 Å². The standard InChI is InChI=1S/C25H36N2O2/c1-19-18-27(3)20(2)16-25(19,17-22-9-7-6-8-10-22)26-14-13-21-11-12-23(28-4)24(15-21)29-5/h6-12,15,19-20,26H,13-14,16-18H2,1-5H3/t19-,20+,25+/m1/s1. The van der Waals surface area contributed by atoms with Gasteiger partial charge in [0.05, 0.1) is 14.2 Å². The zero-order chi connectivity index (χ0) is 20.9. The Morgan fingerprint density at radius 1 is 1.00 bits per heavy atom. The van der Waals surface area contributed by atoms with Crippen LogP contribution in [0.2, 0.25) is 0 Å². The normalized spacial score (nSPS) is 25.0. The van der Waals surface area contributed by atoms with E-state index in [1.165, 1.54) is 11.1 Å². The van der Waals surface area contributed by atoms with Gasteiger partial charge in [-0.25, -0.2) is 0 Å². The number of hydrogen-bond acceptors (Lipinski definition) is 4. The summed E-state index contributed by atoms with van der Waals surface area (Å²) < 4.78 is 10.8. The predicted octanol–water partition coefficient (Wildman–Crippen LogP) is 4.18. The van der Waals surface area contributed by atoms with Crippen LogP contribution in [0.15, 0.2) is 48.5 Å². The highest BCUT2D eigenvalue weighted by Gasteiger charge is 2.42. The average molecular weight is 397 g/mol. The van der Waals surface area contributed by atoms with Crippen LogP contribution >= 0.6 is 0 Å². The number of benzene rings is 2. The van der Waals surface area contributed by atoms with E-state index in [0.29, 0.717) is 12.0 Å². The first-order chi connectivity index (χ1) is 14.0. The molecule has 3 rings (SSSR count). The van der Waals surface area contributed by atoms with Gasteiger partial charge in [0.1, 0.15) is 0 Å². The summed E-state index contributed by atoms with van der Waals surface area (Å²) in [5.41, 5.74) is 2.79. The van der Waals surface area contributed by atoms with Crippen molar-refractivity contribution in [1.29, 1.82) is 0 Å². The molecule has 1 fully saturated rings. The summed E-state index contributed by atoms with van der Waals surface area (Å²) in [4.78, 5) is 2.49. The Bertz CT molecular complexity index is 780. The number of ether oxygens (including phenoxy) is 2. The van der Waals surface area contributed by atoms with E-state index in [0.717, 1.165) is 43.9 Å². The molecule has 0 unspecified atom stereocenters. The largest absolute Gasteiger partial charge is 0.493 e. The lowest BCUT2D eigenvalue weighted by Gasteiger charge is -2.50. The van der Waals surface area contributed by atoms with Crippen molar-refractivity contribution in [3.05, 3.63) is 59.7 Å². The molecule has 3 atom stereocenters. The number of piperidine rings is 1. The average Bonchev–Trinajstić information content (AvgIpc) is 2.73. The molecular weight excluding hydrogens is 360 g/mol. The summed E-state index contributed by atoms with van der Waals surface area (Å²) in [6.45, 7) is 6.82. The van der Waals surface area contributed by atoms with Crippen molar-refractivity contribution in [2.75, 3.05) is 34.4 Å². The van der Waals surface area contributed by atoms with E-state index in [1.54, 1.807) is 14.2 Å². The number of nitrogens with zero attached hydrogens (tertiary/aromatic N) is 1. The first-order valence-corrected chi connectivity index (χ1v) is 10.7. The summed E-state index contributed by atoms with van der Waals surface area (Å²) in [5.74, 6) is 2.15. The summed E-state index contributed by atoms with van der Waals surface area (Å²) >= 11 is 0. The van der Waals surface area contributed by atoms with Crippen molar-refractivity contribution in [2.24, 2.45) is 5.92 Å². The van der Waals surface area contributed by atoms with E-state index in [-0.39, 0.29) is 5.54 Å². The smallest absolute Gasteiger partial charge is 0.160 e. The molecule has 0 bridgehead atoms. The van der Waals surface area contributed by atoms with E-state index in [2.05, 4.69) is 73.6 Å². The zero-order valence-electron chi connectivity index (χ0n) is 18.6. The molecule has 0 aliphatic carbocycles. The highest BCUT2D eigenvalue weighted by molar-refractivity contribution is 5.43. The van der Waals surface area contributed by atoms with E-state index >= 15 is 0 Å². The van der Waals surface area contributed by atoms with Crippen molar-refractivity contribution in [2.45, 2.75) is 44.7 Å². The Morgan fingerprint density at radius 2 is 1.72 bits per heavy atom. The SMILES string of the molecule is COc1ccc(CCN[C@]2(Cc3ccccc3)C[C@H](C)N(C)C[C@H]2C)cc1OC. The van der Waals surface area contributed by atoms with Gasteiger partial charge in [0.15, 0.2) is 11.5 Å². The summed E-state index contributed by atoms with van der Waals surface area (Å²) in [6.07, 6.45) is 3.19. The maximum atomic E-state index is 5.46. The van der Waals surface area contributed by atoms with Crippen LogP contribution in [0.1, 0.15) is 31.4 Å². The highest BCUT2D eigenvalue weighted by atomic mass is 16.5. The van der Waals surface area contributed by atoms with Crippen LogP contribution in [0.25, 0.3) is 0 Å². The summed E-state index contributed by atoms with van der Waals surface area (Å²) in [6, 6.07) is 17.7. The Kier molecular flexibility index (Phi) is 7.20. The van der Waals surface area contributed by atoms with Gasteiger partial charge < -0.3 is 19.7 Å². The van der Waals surface area contributed by atoms with Crippen LogP contribution in [-0.4, -0.2) is 50.8 Å². The number of methoxy groups -OCH3 is 2. The maximum absolute atomic E-state index is 5.46. The van der Waals surface area contributed by atoms with Crippen LogP contribution < -0.4 is 14.8 Å².